The number of thiophene rings is 1. The van der Waals surface area contributed by atoms with Crippen LogP contribution in [0.2, 0.25) is 0 Å². The number of carbonyl (C=O) groups excluding carboxylic acids is 2. The molecule has 2 heterocycles. The van der Waals surface area contributed by atoms with Crippen LogP contribution in [0.25, 0.3) is 0 Å². The van der Waals surface area contributed by atoms with Crippen LogP contribution in [0.5, 0.6) is 0 Å². The molecule has 3 rings (SSSR count). The fraction of sp³-hybridized carbons (Fsp3) is 0.176. The quantitative estimate of drug-likeness (QED) is 0.725. The smallest absolute Gasteiger partial charge is 0.260 e. The summed E-state index contributed by atoms with van der Waals surface area (Å²) in [4.78, 5) is 24.3. The average Bonchev–Trinajstić information content (AvgIpc) is 2.83. The van der Waals surface area contributed by atoms with E-state index in [1.807, 2.05) is 31.2 Å². The maximum atomic E-state index is 12.3. The van der Waals surface area contributed by atoms with Crippen molar-refractivity contribution in [2.75, 3.05) is 11.1 Å². The Balaban J connectivity index is 2.28. The van der Waals surface area contributed by atoms with Crippen molar-refractivity contribution in [3.05, 3.63) is 56.0 Å². The molecule has 0 fully saturated rings. The van der Waals surface area contributed by atoms with Crippen molar-refractivity contribution in [3.8, 4) is 0 Å². The standard InChI is InChI=1S/C17H16BrN3O2S/c1-7-11(8(2)22)12(9-3-5-10(18)6-4-9)13-14(19)15(16(20)23)24-17(13)21-7/h3-6,12,21H,19H2,1-2H3,(H2,20,23)/t12-/m0/s1. The van der Waals surface area contributed by atoms with Gasteiger partial charge < -0.3 is 16.8 Å². The molecular weight excluding hydrogens is 390 g/mol. The minimum Gasteiger partial charge on any atom is -0.397 e. The minimum absolute atomic E-state index is 0.0372. The zero-order valence-corrected chi connectivity index (χ0v) is 15.5. The van der Waals surface area contributed by atoms with E-state index in [2.05, 4.69) is 21.2 Å². The number of halogens is 1. The number of anilines is 2. The number of ketones is 1. The zero-order valence-electron chi connectivity index (χ0n) is 13.1. The van der Waals surface area contributed by atoms with Gasteiger partial charge in [0.2, 0.25) is 0 Å². The number of carbonyl (C=O) groups is 2. The number of rotatable bonds is 3. The molecule has 1 aliphatic heterocycles. The van der Waals surface area contributed by atoms with E-state index >= 15 is 0 Å². The van der Waals surface area contributed by atoms with Gasteiger partial charge in [0.1, 0.15) is 4.88 Å². The van der Waals surface area contributed by atoms with Crippen LogP contribution in [-0.4, -0.2) is 11.7 Å². The number of nitrogens with two attached hydrogens (primary N) is 2. The molecule has 5 nitrogen and oxygen atoms in total. The number of primary amides is 1. The highest BCUT2D eigenvalue weighted by Gasteiger charge is 2.35. The zero-order chi connectivity index (χ0) is 17.6. The lowest BCUT2D eigenvalue weighted by Crippen LogP contribution is -2.21. The first kappa shape index (κ1) is 16.7. The Morgan fingerprint density at radius 3 is 2.42 bits per heavy atom. The molecule has 1 aromatic carbocycles. The van der Waals surface area contributed by atoms with Gasteiger partial charge in [0, 0.05) is 27.2 Å². The van der Waals surface area contributed by atoms with Gasteiger partial charge in [-0.3, -0.25) is 9.59 Å². The highest BCUT2D eigenvalue weighted by atomic mass is 79.9. The Morgan fingerprint density at radius 1 is 1.25 bits per heavy atom. The molecule has 5 N–H and O–H groups in total. The van der Waals surface area contributed by atoms with Crippen molar-refractivity contribution in [3.63, 3.8) is 0 Å². The monoisotopic (exact) mass is 405 g/mol. The fourth-order valence-electron chi connectivity index (χ4n) is 3.07. The number of allylic oxidation sites excluding steroid dienone is 2. The second kappa shape index (κ2) is 6.07. The number of Topliss-reactive ketones (excluding diaryl/α,β-unsaturated/α-hetero) is 1. The van der Waals surface area contributed by atoms with Gasteiger partial charge in [-0.2, -0.15) is 0 Å². The summed E-state index contributed by atoms with van der Waals surface area (Å²) in [5, 5.41) is 3.96. The van der Waals surface area contributed by atoms with Crippen molar-refractivity contribution in [2.45, 2.75) is 19.8 Å². The van der Waals surface area contributed by atoms with Crippen LogP contribution in [0.3, 0.4) is 0 Å². The summed E-state index contributed by atoms with van der Waals surface area (Å²) in [5.74, 6) is -0.925. The van der Waals surface area contributed by atoms with Gasteiger partial charge in [0.05, 0.1) is 10.7 Å². The van der Waals surface area contributed by atoms with Crippen LogP contribution < -0.4 is 16.8 Å². The lowest BCUT2D eigenvalue weighted by atomic mass is 9.80. The molecule has 24 heavy (non-hydrogen) atoms. The van der Waals surface area contributed by atoms with Gasteiger partial charge in [-0.15, -0.1) is 11.3 Å². The summed E-state index contributed by atoms with van der Waals surface area (Å²) in [5.41, 5.74) is 15.1. The largest absolute Gasteiger partial charge is 0.397 e. The van der Waals surface area contributed by atoms with E-state index in [1.54, 1.807) is 0 Å². The fourth-order valence-corrected chi connectivity index (χ4v) is 4.40. The predicted octanol–water partition coefficient (Wildman–Crippen LogP) is 3.61. The Hall–Kier alpha value is -2.12. The lowest BCUT2D eigenvalue weighted by molar-refractivity contribution is -0.113. The maximum Gasteiger partial charge on any atom is 0.260 e. The normalized spacial score (nSPS) is 16.5. The van der Waals surface area contributed by atoms with Gasteiger partial charge in [-0.1, -0.05) is 28.1 Å². The summed E-state index contributed by atoms with van der Waals surface area (Å²) >= 11 is 4.64. The third kappa shape index (κ3) is 2.63. The number of benzene rings is 1. The Morgan fingerprint density at radius 2 is 1.88 bits per heavy atom. The SMILES string of the molecule is CC(=O)C1=C(C)Nc2sc(C(N)=O)c(N)c2[C@H]1c1ccc(Br)cc1. The first-order valence-electron chi connectivity index (χ1n) is 7.27. The van der Waals surface area contributed by atoms with Crippen LogP contribution in [0.1, 0.15) is 40.6 Å². The molecule has 0 saturated heterocycles. The Labute approximate surface area is 151 Å². The molecule has 7 heteroatoms. The molecule has 0 unspecified atom stereocenters. The molecule has 1 aromatic heterocycles. The van der Waals surface area contributed by atoms with E-state index in [0.717, 1.165) is 26.3 Å². The molecule has 0 saturated carbocycles. The molecule has 124 valence electrons. The van der Waals surface area contributed by atoms with Crippen molar-refractivity contribution in [2.24, 2.45) is 5.73 Å². The van der Waals surface area contributed by atoms with Gasteiger partial charge in [-0.05, 0) is 31.5 Å². The number of fused-ring (bicyclic) bond motifs is 1. The third-order valence-corrected chi connectivity index (χ3v) is 5.75. The molecule has 1 atom stereocenters. The van der Waals surface area contributed by atoms with Crippen molar-refractivity contribution in [1.29, 1.82) is 0 Å². The highest BCUT2D eigenvalue weighted by molar-refractivity contribution is 9.10. The minimum atomic E-state index is -0.565. The molecule has 1 amide bonds. The van der Waals surface area contributed by atoms with Crippen LogP contribution in [0, 0.1) is 0 Å². The third-order valence-electron chi connectivity index (χ3n) is 4.07. The van der Waals surface area contributed by atoms with Crippen molar-refractivity contribution < 1.29 is 9.59 Å². The van der Waals surface area contributed by atoms with Gasteiger partial charge in [0.25, 0.3) is 5.91 Å². The second-order valence-corrected chi connectivity index (χ2v) is 7.59. The molecule has 1 aliphatic rings. The number of nitrogen functional groups attached to an aromatic ring is 1. The topological polar surface area (TPSA) is 98.2 Å². The molecule has 2 aromatic rings. The van der Waals surface area contributed by atoms with Crippen LogP contribution >= 0.6 is 27.3 Å². The maximum absolute atomic E-state index is 12.3. The molecule has 0 radical (unpaired) electrons. The molecule has 0 bridgehead atoms. The summed E-state index contributed by atoms with van der Waals surface area (Å²) in [6, 6.07) is 7.73. The van der Waals surface area contributed by atoms with E-state index in [4.69, 9.17) is 11.5 Å². The average molecular weight is 406 g/mol. The van der Waals surface area contributed by atoms with Gasteiger partial charge in [0.15, 0.2) is 5.78 Å². The highest BCUT2D eigenvalue weighted by Crippen LogP contribution is 2.49. The lowest BCUT2D eigenvalue weighted by Gasteiger charge is -2.28. The second-order valence-electron chi connectivity index (χ2n) is 5.66. The van der Waals surface area contributed by atoms with Crippen molar-refractivity contribution >= 4 is 49.6 Å². The molecular formula is C17H16BrN3O2S. The van der Waals surface area contributed by atoms with Crippen LogP contribution in [0.4, 0.5) is 10.7 Å². The van der Waals surface area contributed by atoms with Gasteiger partial charge in [-0.25, -0.2) is 0 Å². The summed E-state index contributed by atoms with van der Waals surface area (Å²) in [6.45, 7) is 3.39. The summed E-state index contributed by atoms with van der Waals surface area (Å²) < 4.78 is 0.946. The van der Waals surface area contributed by atoms with E-state index in [-0.39, 0.29) is 11.7 Å². The molecule has 0 spiro atoms. The first-order chi connectivity index (χ1) is 11.3. The number of amides is 1. The van der Waals surface area contributed by atoms with Crippen LogP contribution in [0.15, 0.2) is 40.0 Å². The summed E-state index contributed by atoms with van der Waals surface area (Å²) in [7, 11) is 0. The summed E-state index contributed by atoms with van der Waals surface area (Å²) in [6.07, 6.45) is 0. The number of hydrogen-bond donors (Lipinski definition) is 3. The van der Waals surface area contributed by atoms with E-state index in [0.29, 0.717) is 16.1 Å². The van der Waals surface area contributed by atoms with Gasteiger partial charge >= 0.3 is 0 Å². The van der Waals surface area contributed by atoms with Crippen molar-refractivity contribution in [1.82, 2.24) is 0 Å². The Kier molecular flexibility index (Phi) is 4.23. The number of hydrogen-bond acceptors (Lipinski definition) is 5. The molecule has 0 aliphatic carbocycles. The van der Waals surface area contributed by atoms with Crippen LogP contribution in [-0.2, 0) is 4.79 Å². The Bertz CT molecular complexity index is 884. The van der Waals surface area contributed by atoms with E-state index in [1.165, 1.54) is 18.3 Å². The number of nitrogens with one attached hydrogen (secondary N) is 1. The first-order valence-corrected chi connectivity index (χ1v) is 8.88. The van der Waals surface area contributed by atoms with E-state index < -0.39 is 5.91 Å². The van der Waals surface area contributed by atoms with E-state index in [9.17, 15) is 9.59 Å². The predicted molar refractivity (Wildman–Crippen MR) is 100 cm³/mol.